The number of unbranched alkanes of at least 4 members (excludes halogenated alkanes) is 2. The molecule has 15 heavy (non-hydrogen) atoms. The van der Waals surface area contributed by atoms with Gasteiger partial charge in [0.05, 0.1) is 0 Å². The summed E-state index contributed by atoms with van der Waals surface area (Å²) in [6.07, 6.45) is 9.03. The molecule has 0 amide bonds. The van der Waals surface area contributed by atoms with Crippen molar-refractivity contribution in [2.75, 3.05) is 6.61 Å². The Morgan fingerprint density at radius 1 is 1.27 bits per heavy atom. The molecule has 1 rings (SSSR count). The zero-order valence-electron chi connectivity index (χ0n) is 10.2. The first-order chi connectivity index (χ1) is 7.26. The van der Waals surface area contributed by atoms with Gasteiger partial charge in [-0.15, -0.1) is 0 Å². The average Bonchev–Trinajstić information content (AvgIpc) is 2.68. The Bertz CT molecular complexity index is 167. The number of hydrogen-bond acceptors (Lipinski definition) is 1. The maximum absolute atomic E-state index is 6.15. The van der Waals surface area contributed by atoms with Crippen LogP contribution in [0.25, 0.3) is 0 Å². The Labute approximate surface area is 110 Å². The first-order valence-electron chi connectivity index (χ1n) is 6.46. The van der Waals surface area contributed by atoms with Crippen molar-refractivity contribution < 1.29 is 28.1 Å². The van der Waals surface area contributed by atoms with Gasteiger partial charge in [-0.3, -0.25) is 0 Å². The van der Waals surface area contributed by atoms with Crippen molar-refractivity contribution >= 4 is 8.25 Å². The van der Waals surface area contributed by atoms with E-state index >= 15 is 0 Å². The topological polar surface area (TPSA) is 9.23 Å². The van der Waals surface area contributed by atoms with Crippen LogP contribution in [0.15, 0.2) is 0 Å². The number of halogens is 1. The fourth-order valence-electron chi connectivity index (χ4n) is 2.51. The second-order valence-electron chi connectivity index (χ2n) is 4.93. The second-order valence-corrected chi connectivity index (χ2v) is 13.3. The van der Waals surface area contributed by atoms with E-state index in [-0.39, 0.29) is 5.60 Å². The molecule has 3 heteroatoms. The summed E-state index contributed by atoms with van der Waals surface area (Å²) >= 11 is -1.06. The van der Waals surface area contributed by atoms with Crippen LogP contribution >= 0.6 is 8.25 Å². The van der Waals surface area contributed by atoms with Crippen LogP contribution in [0.4, 0.5) is 0 Å². The summed E-state index contributed by atoms with van der Waals surface area (Å²) in [6.45, 7) is 5.52. The molecule has 1 aliphatic rings. The first kappa shape index (κ1) is 14.2. The van der Waals surface area contributed by atoms with Crippen LogP contribution in [-0.2, 0) is 28.1 Å². The van der Waals surface area contributed by atoms with E-state index in [4.69, 9.17) is 13.0 Å². The van der Waals surface area contributed by atoms with Gasteiger partial charge in [0.25, 0.3) is 0 Å². The molecule has 0 aliphatic carbocycles. The molecule has 1 fully saturated rings. The fourth-order valence-corrected chi connectivity index (χ4v) is 7.52. The van der Waals surface area contributed by atoms with E-state index in [2.05, 4.69) is 13.8 Å². The SMILES string of the molecule is CCCCC1(CCCC)C[CH]([Hg][Cl])CO1. The standard InChI is InChI=1S/C12H23O.ClH.Hg/c1-3-5-8-12(9-6-4-2)10-7-11-13-12;;/h7H,3-6,8-11H2,1-2H3;1H;/q;;+1/p-1. The van der Waals surface area contributed by atoms with Crippen LogP contribution in [0.5, 0.6) is 0 Å². The number of rotatable bonds is 7. The van der Waals surface area contributed by atoms with Gasteiger partial charge in [-0.05, 0) is 0 Å². The molecule has 0 N–H and O–H groups in total. The summed E-state index contributed by atoms with van der Waals surface area (Å²) < 4.78 is 6.94. The summed E-state index contributed by atoms with van der Waals surface area (Å²) in [6, 6.07) is 0. The van der Waals surface area contributed by atoms with Gasteiger partial charge >= 0.3 is 111 Å². The molecular formula is C12H23ClHgO. The summed E-state index contributed by atoms with van der Waals surface area (Å²) in [7, 11) is 6.15. The van der Waals surface area contributed by atoms with Crippen molar-refractivity contribution in [3.05, 3.63) is 0 Å². The summed E-state index contributed by atoms with van der Waals surface area (Å²) in [5.41, 5.74) is 0.242. The van der Waals surface area contributed by atoms with Crippen molar-refractivity contribution in [1.29, 1.82) is 0 Å². The fraction of sp³-hybridized carbons (Fsp3) is 1.00. The van der Waals surface area contributed by atoms with Crippen molar-refractivity contribution in [2.45, 2.75) is 67.8 Å². The molecule has 1 nitrogen and oxygen atoms in total. The van der Waals surface area contributed by atoms with Gasteiger partial charge in [0.15, 0.2) is 0 Å². The van der Waals surface area contributed by atoms with Crippen molar-refractivity contribution in [3.63, 3.8) is 0 Å². The van der Waals surface area contributed by atoms with Crippen molar-refractivity contribution in [1.82, 2.24) is 0 Å². The van der Waals surface area contributed by atoms with Gasteiger partial charge in [0.2, 0.25) is 0 Å². The molecule has 1 atom stereocenters. The van der Waals surface area contributed by atoms with Gasteiger partial charge in [-0.25, -0.2) is 0 Å². The molecule has 1 aliphatic heterocycles. The van der Waals surface area contributed by atoms with Crippen LogP contribution in [0.2, 0.25) is 3.43 Å². The third-order valence-electron chi connectivity index (χ3n) is 3.48. The Morgan fingerprint density at radius 3 is 2.27 bits per heavy atom. The minimum absolute atomic E-state index is 0.242. The van der Waals surface area contributed by atoms with E-state index < -0.39 is 23.3 Å². The molecule has 1 heterocycles. The maximum atomic E-state index is 6.15. The van der Waals surface area contributed by atoms with Gasteiger partial charge in [0, 0.05) is 0 Å². The van der Waals surface area contributed by atoms with Crippen molar-refractivity contribution in [2.24, 2.45) is 0 Å². The number of hydrogen-bond donors (Lipinski definition) is 0. The van der Waals surface area contributed by atoms with E-state index in [0.717, 1.165) is 10.0 Å². The Morgan fingerprint density at radius 2 is 1.87 bits per heavy atom. The van der Waals surface area contributed by atoms with Gasteiger partial charge in [0.1, 0.15) is 0 Å². The van der Waals surface area contributed by atoms with Gasteiger partial charge in [-0.1, -0.05) is 0 Å². The third-order valence-corrected chi connectivity index (χ3v) is 11.0. The molecule has 86 valence electrons. The number of ether oxygens (including phenoxy) is 1. The van der Waals surface area contributed by atoms with Gasteiger partial charge in [-0.2, -0.15) is 0 Å². The molecule has 0 bridgehead atoms. The predicted octanol–water partition coefficient (Wildman–Crippen LogP) is 4.55. The molecule has 0 saturated carbocycles. The van der Waals surface area contributed by atoms with E-state index in [1.807, 2.05) is 0 Å². The molecule has 0 radical (unpaired) electrons. The Hall–Kier alpha value is 1.19. The molecule has 1 unspecified atom stereocenters. The Balaban J connectivity index is 2.45. The third kappa shape index (κ3) is 4.51. The quantitative estimate of drug-likeness (QED) is 0.551. The predicted molar refractivity (Wildman–Crippen MR) is 62.0 cm³/mol. The van der Waals surface area contributed by atoms with E-state index in [9.17, 15) is 0 Å². The zero-order chi connectivity index (χ0) is 11.1. The Kier molecular flexibility index (Phi) is 7.12. The molecule has 1 saturated heterocycles. The normalized spacial score (nSPS) is 24.1. The minimum atomic E-state index is -1.06. The first-order valence-corrected chi connectivity index (χ1v) is 16.4. The van der Waals surface area contributed by atoms with Crippen LogP contribution in [0.1, 0.15) is 58.8 Å². The monoisotopic (exact) mass is 420 g/mol. The second kappa shape index (κ2) is 7.50. The van der Waals surface area contributed by atoms with Crippen molar-refractivity contribution in [3.8, 4) is 0 Å². The summed E-state index contributed by atoms with van der Waals surface area (Å²) in [5.74, 6) is 0. The van der Waals surface area contributed by atoms with E-state index in [1.54, 1.807) is 0 Å². The molecule has 0 aromatic carbocycles. The van der Waals surface area contributed by atoms with E-state index in [1.165, 1.54) is 44.9 Å². The van der Waals surface area contributed by atoms with Crippen LogP contribution in [0.3, 0.4) is 0 Å². The summed E-state index contributed by atoms with van der Waals surface area (Å²) in [5, 5.41) is 0. The molecule has 0 spiro atoms. The molecular weight excluding hydrogens is 396 g/mol. The van der Waals surface area contributed by atoms with Crippen LogP contribution in [-0.4, -0.2) is 12.2 Å². The molecule has 0 aromatic heterocycles. The van der Waals surface area contributed by atoms with E-state index in [0.29, 0.717) is 0 Å². The van der Waals surface area contributed by atoms with Gasteiger partial charge < -0.3 is 0 Å². The summed E-state index contributed by atoms with van der Waals surface area (Å²) in [4.78, 5) is 0. The van der Waals surface area contributed by atoms with Crippen LogP contribution in [0, 0.1) is 0 Å². The average molecular weight is 419 g/mol. The molecule has 0 aromatic rings. The van der Waals surface area contributed by atoms with Crippen LogP contribution < -0.4 is 0 Å². The zero-order valence-corrected chi connectivity index (χ0v) is 16.5.